The van der Waals surface area contributed by atoms with E-state index < -0.39 is 5.66 Å². The number of hydrogen-bond donors (Lipinski definition) is 1. The van der Waals surface area contributed by atoms with Crippen LogP contribution < -0.4 is 10.1 Å². The molecule has 2 aromatic rings. The summed E-state index contributed by atoms with van der Waals surface area (Å²) in [6, 6.07) is 15.7. The molecule has 0 saturated heterocycles. The highest BCUT2D eigenvalue weighted by Gasteiger charge is 2.43. The van der Waals surface area contributed by atoms with Gasteiger partial charge in [-0.15, -0.1) is 0 Å². The van der Waals surface area contributed by atoms with Gasteiger partial charge in [0.25, 0.3) is 5.91 Å². The molecule has 0 saturated carbocycles. The van der Waals surface area contributed by atoms with Crippen LogP contribution in [0.3, 0.4) is 0 Å². The Morgan fingerprint density at radius 2 is 1.81 bits per heavy atom. The molecule has 0 aliphatic carbocycles. The average Bonchev–Trinajstić information content (AvgIpc) is 2.62. The SMILES string of the molecule is CCN1C(=O)c2ccccc2NC1(C)c1ccccc1OCCC(C)C. The zero-order valence-electron chi connectivity index (χ0n) is 16.1. The van der Waals surface area contributed by atoms with Crippen LogP contribution in [0.4, 0.5) is 5.69 Å². The monoisotopic (exact) mass is 352 g/mol. The largest absolute Gasteiger partial charge is 0.493 e. The zero-order chi connectivity index (χ0) is 18.7. The fraction of sp³-hybridized carbons (Fsp3) is 0.409. The van der Waals surface area contributed by atoms with Gasteiger partial charge in [0, 0.05) is 17.8 Å². The minimum atomic E-state index is -0.658. The zero-order valence-corrected chi connectivity index (χ0v) is 16.1. The van der Waals surface area contributed by atoms with Gasteiger partial charge >= 0.3 is 0 Å². The van der Waals surface area contributed by atoms with Crippen LogP contribution in [0.25, 0.3) is 0 Å². The van der Waals surface area contributed by atoms with Gasteiger partial charge in [-0.2, -0.15) is 0 Å². The molecule has 2 aromatic carbocycles. The van der Waals surface area contributed by atoms with Crippen LogP contribution >= 0.6 is 0 Å². The standard InChI is InChI=1S/C22H28N2O2/c1-5-24-21(25)17-10-6-8-12-19(17)23-22(24,4)18-11-7-9-13-20(18)26-15-14-16(2)3/h6-13,16,23H,5,14-15H2,1-4H3. The van der Waals surface area contributed by atoms with E-state index in [1.165, 1.54) is 0 Å². The van der Waals surface area contributed by atoms with Crippen molar-refractivity contribution in [2.24, 2.45) is 5.92 Å². The summed E-state index contributed by atoms with van der Waals surface area (Å²) in [5.41, 5.74) is 1.90. The van der Waals surface area contributed by atoms with Crippen molar-refractivity contribution in [3.8, 4) is 5.75 Å². The van der Waals surface area contributed by atoms with E-state index in [1.54, 1.807) is 0 Å². The van der Waals surface area contributed by atoms with Crippen molar-refractivity contribution in [1.82, 2.24) is 4.90 Å². The van der Waals surface area contributed by atoms with Crippen LogP contribution in [0, 0.1) is 5.92 Å². The van der Waals surface area contributed by atoms with Crippen LogP contribution in [0.15, 0.2) is 48.5 Å². The van der Waals surface area contributed by atoms with Gasteiger partial charge in [0.05, 0.1) is 12.2 Å². The summed E-state index contributed by atoms with van der Waals surface area (Å²) >= 11 is 0. The molecule has 4 nitrogen and oxygen atoms in total. The Morgan fingerprint density at radius 3 is 2.54 bits per heavy atom. The number of carbonyl (C=O) groups excluding carboxylic acids is 1. The first-order valence-corrected chi connectivity index (χ1v) is 9.39. The van der Waals surface area contributed by atoms with Crippen molar-refractivity contribution >= 4 is 11.6 Å². The Kier molecular flexibility index (Phi) is 5.21. The van der Waals surface area contributed by atoms with Crippen LogP contribution in [-0.2, 0) is 5.66 Å². The van der Waals surface area contributed by atoms with Gasteiger partial charge in [0.2, 0.25) is 0 Å². The number of rotatable bonds is 6. The highest BCUT2D eigenvalue weighted by Crippen LogP contribution is 2.41. The van der Waals surface area contributed by atoms with Crippen molar-refractivity contribution in [1.29, 1.82) is 0 Å². The van der Waals surface area contributed by atoms with Gasteiger partial charge in [-0.05, 0) is 44.4 Å². The van der Waals surface area contributed by atoms with E-state index in [4.69, 9.17) is 4.74 Å². The Morgan fingerprint density at radius 1 is 1.12 bits per heavy atom. The molecular weight excluding hydrogens is 324 g/mol. The number of fused-ring (bicyclic) bond motifs is 1. The van der Waals surface area contributed by atoms with Crippen LogP contribution in [0.2, 0.25) is 0 Å². The molecule has 0 aromatic heterocycles. The summed E-state index contributed by atoms with van der Waals surface area (Å²) in [5, 5.41) is 3.59. The minimum absolute atomic E-state index is 0.0429. The highest BCUT2D eigenvalue weighted by molar-refractivity contribution is 6.02. The smallest absolute Gasteiger partial charge is 0.258 e. The fourth-order valence-electron chi connectivity index (χ4n) is 3.53. The fourth-order valence-corrected chi connectivity index (χ4v) is 3.53. The molecule has 0 radical (unpaired) electrons. The maximum Gasteiger partial charge on any atom is 0.258 e. The molecule has 138 valence electrons. The van der Waals surface area contributed by atoms with Crippen molar-refractivity contribution in [3.05, 3.63) is 59.7 Å². The van der Waals surface area contributed by atoms with E-state index in [2.05, 4.69) is 26.1 Å². The van der Waals surface area contributed by atoms with E-state index in [9.17, 15) is 4.79 Å². The predicted molar refractivity (Wildman–Crippen MR) is 106 cm³/mol. The number of para-hydroxylation sites is 2. The molecule has 26 heavy (non-hydrogen) atoms. The Bertz CT molecular complexity index is 787. The van der Waals surface area contributed by atoms with E-state index in [0.717, 1.165) is 23.4 Å². The summed E-state index contributed by atoms with van der Waals surface area (Å²) in [5.74, 6) is 1.46. The Labute approximate surface area is 156 Å². The Balaban J connectivity index is 2.00. The molecule has 1 aliphatic heterocycles. The molecule has 1 heterocycles. The number of nitrogens with zero attached hydrogens (tertiary/aromatic N) is 1. The molecule has 1 N–H and O–H groups in total. The van der Waals surface area contributed by atoms with Gasteiger partial charge in [-0.1, -0.05) is 44.2 Å². The molecule has 4 heteroatoms. The number of ether oxygens (including phenoxy) is 1. The van der Waals surface area contributed by atoms with Crippen LogP contribution in [-0.4, -0.2) is 24.0 Å². The van der Waals surface area contributed by atoms with Crippen molar-refractivity contribution in [2.75, 3.05) is 18.5 Å². The lowest BCUT2D eigenvalue weighted by atomic mass is 9.93. The number of carbonyl (C=O) groups is 1. The third kappa shape index (κ3) is 3.28. The summed E-state index contributed by atoms with van der Waals surface area (Å²) in [6.07, 6.45) is 0.998. The Hall–Kier alpha value is -2.49. The quantitative estimate of drug-likeness (QED) is 0.806. The molecule has 1 amide bonds. The third-order valence-corrected chi connectivity index (χ3v) is 5.00. The minimum Gasteiger partial charge on any atom is -0.493 e. The van der Waals surface area contributed by atoms with Crippen molar-refractivity contribution in [3.63, 3.8) is 0 Å². The van der Waals surface area contributed by atoms with Crippen LogP contribution in [0.1, 0.15) is 50.0 Å². The second kappa shape index (κ2) is 7.40. The first kappa shape index (κ1) is 18.3. The summed E-state index contributed by atoms with van der Waals surface area (Å²) in [4.78, 5) is 15.0. The average molecular weight is 352 g/mol. The lowest BCUT2D eigenvalue weighted by molar-refractivity contribution is 0.0547. The number of hydrogen-bond acceptors (Lipinski definition) is 3. The number of amides is 1. The normalized spacial score (nSPS) is 19.3. The van der Waals surface area contributed by atoms with Gasteiger partial charge in [-0.25, -0.2) is 0 Å². The van der Waals surface area contributed by atoms with E-state index in [1.807, 2.05) is 60.4 Å². The van der Waals surface area contributed by atoms with Gasteiger partial charge in [0.1, 0.15) is 11.4 Å². The van der Waals surface area contributed by atoms with E-state index >= 15 is 0 Å². The molecule has 0 spiro atoms. The van der Waals surface area contributed by atoms with E-state index in [0.29, 0.717) is 24.6 Å². The molecule has 0 bridgehead atoms. The van der Waals surface area contributed by atoms with Gasteiger partial charge in [-0.3, -0.25) is 4.79 Å². The van der Waals surface area contributed by atoms with Crippen LogP contribution in [0.5, 0.6) is 5.75 Å². The molecule has 0 fully saturated rings. The maximum absolute atomic E-state index is 13.1. The number of benzene rings is 2. The topological polar surface area (TPSA) is 41.6 Å². The van der Waals surface area contributed by atoms with Gasteiger partial charge < -0.3 is 15.0 Å². The molecule has 1 aliphatic rings. The van der Waals surface area contributed by atoms with Gasteiger partial charge in [0.15, 0.2) is 0 Å². The van der Waals surface area contributed by atoms with Crippen molar-refractivity contribution in [2.45, 2.75) is 39.8 Å². The molecule has 1 unspecified atom stereocenters. The number of nitrogens with one attached hydrogen (secondary N) is 1. The third-order valence-electron chi connectivity index (χ3n) is 5.00. The van der Waals surface area contributed by atoms with Crippen molar-refractivity contribution < 1.29 is 9.53 Å². The van der Waals surface area contributed by atoms with E-state index in [-0.39, 0.29) is 5.91 Å². The number of anilines is 1. The summed E-state index contributed by atoms with van der Waals surface area (Å²) in [6.45, 7) is 9.71. The second-order valence-electron chi connectivity index (χ2n) is 7.32. The molecular formula is C22H28N2O2. The first-order valence-electron chi connectivity index (χ1n) is 9.39. The molecule has 1 atom stereocenters. The highest BCUT2D eigenvalue weighted by atomic mass is 16.5. The summed E-state index contributed by atoms with van der Waals surface area (Å²) in [7, 11) is 0. The first-order chi connectivity index (χ1) is 12.5. The predicted octanol–water partition coefficient (Wildman–Crippen LogP) is 4.87. The summed E-state index contributed by atoms with van der Waals surface area (Å²) < 4.78 is 6.10. The second-order valence-corrected chi connectivity index (χ2v) is 7.32. The molecule has 3 rings (SSSR count). The maximum atomic E-state index is 13.1. The lowest BCUT2D eigenvalue weighted by Gasteiger charge is -2.46. The lowest BCUT2D eigenvalue weighted by Crippen LogP contribution is -2.55.